The molecule has 0 aliphatic rings. The SMILES string of the molecule is C=CC(=C)CCC=C(C)CC. The summed E-state index contributed by atoms with van der Waals surface area (Å²) in [6.45, 7) is 11.8. The van der Waals surface area contributed by atoms with Crippen LogP contribution in [0.1, 0.15) is 33.1 Å². The Kier molecular flexibility index (Phi) is 5.54. The van der Waals surface area contributed by atoms with Gasteiger partial charge in [0.25, 0.3) is 0 Å². The number of allylic oxidation sites excluding steroid dienone is 4. The molecule has 0 rings (SSSR count). The van der Waals surface area contributed by atoms with Crippen LogP contribution in [0.5, 0.6) is 0 Å². The molecular weight excluding hydrogens is 132 g/mol. The van der Waals surface area contributed by atoms with E-state index in [9.17, 15) is 0 Å². The molecular formula is C11H18. The lowest BCUT2D eigenvalue weighted by molar-refractivity contribution is 0.975. The van der Waals surface area contributed by atoms with Gasteiger partial charge in [0.2, 0.25) is 0 Å². The quantitative estimate of drug-likeness (QED) is 0.412. The van der Waals surface area contributed by atoms with Crippen molar-refractivity contribution in [2.24, 2.45) is 0 Å². The minimum atomic E-state index is 1.04. The minimum absolute atomic E-state index is 1.04. The molecule has 0 saturated heterocycles. The van der Waals surface area contributed by atoms with Crippen molar-refractivity contribution >= 4 is 0 Å². The number of hydrogen-bond acceptors (Lipinski definition) is 0. The van der Waals surface area contributed by atoms with Gasteiger partial charge < -0.3 is 0 Å². The summed E-state index contributed by atoms with van der Waals surface area (Å²) in [5, 5.41) is 0. The van der Waals surface area contributed by atoms with Gasteiger partial charge in [-0.05, 0) is 26.2 Å². The van der Waals surface area contributed by atoms with E-state index >= 15 is 0 Å². The van der Waals surface area contributed by atoms with Gasteiger partial charge in [-0.25, -0.2) is 0 Å². The largest absolute Gasteiger partial charge is 0.0988 e. The predicted molar refractivity (Wildman–Crippen MR) is 52.6 cm³/mol. The fraction of sp³-hybridized carbons (Fsp3) is 0.455. The molecule has 0 atom stereocenters. The Hall–Kier alpha value is -0.780. The van der Waals surface area contributed by atoms with Gasteiger partial charge in [-0.3, -0.25) is 0 Å². The molecule has 0 aromatic rings. The van der Waals surface area contributed by atoms with Crippen molar-refractivity contribution in [3.63, 3.8) is 0 Å². The Labute approximate surface area is 70.3 Å². The minimum Gasteiger partial charge on any atom is -0.0988 e. The average molecular weight is 150 g/mol. The van der Waals surface area contributed by atoms with Crippen LogP contribution in [0.25, 0.3) is 0 Å². The van der Waals surface area contributed by atoms with Gasteiger partial charge in [-0.1, -0.05) is 43.4 Å². The topological polar surface area (TPSA) is 0 Å². The van der Waals surface area contributed by atoms with Crippen molar-refractivity contribution in [3.8, 4) is 0 Å². The third-order valence-corrected chi connectivity index (χ3v) is 1.80. The second kappa shape index (κ2) is 5.96. The van der Waals surface area contributed by atoms with Gasteiger partial charge in [0, 0.05) is 0 Å². The molecule has 0 aliphatic heterocycles. The molecule has 0 unspecified atom stereocenters. The zero-order valence-corrected chi connectivity index (χ0v) is 7.69. The highest BCUT2D eigenvalue weighted by Gasteiger charge is 1.86. The van der Waals surface area contributed by atoms with Crippen LogP contribution in [0.4, 0.5) is 0 Å². The Morgan fingerprint density at radius 1 is 1.45 bits per heavy atom. The first-order chi connectivity index (χ1) is 5.20. The smallest absolute Gasteiger partial charge is 0.0250 e. The van der Waals surface area contributed by atoms with Crippen molar-refractivity contribution in [1.82, 2.24) is 0 Å². The third-order valence-electron chi connectivity index (χ3n) is 1.80. The summed E-state index contributed by atoms with van der Waals surface area (Å²) in [6, 6.07) is 0. The van der Waals surface area contributed by atoms with Crippen LogP contribution in [0.15, 0.2) is 36.5 Å². The molecule has 0 aliphatic carbocycles. The van der Waals surface area contributed by atoms with Gasteiger partial charge in [-0.15, -0.1) is 0 Å². The maximum Gasteiger partial charge on any atom is -0.0250 e. The van der Waals surface area contributed by atoms with Gasteiger partial charge in [0.1, 0.15) is 0 Å². The second-order valence-corrected chi connectivity index (χ2v) is 2.81. The second-order valence-electron chi connectivity index (χ2n) is 2.81. The first-order valence-corrected chi connectivity index (χ1v) is 4.16. The van der Waals surface area contributed by atoms with Gasteiger partial charge in [-0.2, -0.15) is 0 Å². The standard InChI is InChI=1S/C11H18/c1-5-10(3)8-7-9-11(4)6-2/h5,9H,1,3,6-8H2,2,4H3. The highest BCUT2D eigenvalue weighted by molar-refractivity contribution is 5.12. The molecule has 11 heavy (non-hydrogen) atoms. The van der Waals surface area contributed by atoms with E-state index in [0.29, 0.717) is 0 Å². The van der Waals surface area contributed by atoms with E-state index in [-0.39, 0.29) is 0 Å². The third kappa shape index (κ3) is 5.65. The van der Waals surface area contributed by atoms with E-state index in [1.54, 1.807) is 0 Å². The molecule has 0 aromatic carbocycles. The van der Waals surface area contributed by atoms with Crippen LogP contribution in [-0.4, -0.2) is 0 Å². The summed E-state index contributed by atoms with van der Waals surface area (Å²) in [4.78, 5) is 0. The lowest BCUT2D eigenvalue weighted by Gasteiger charge is -1.96. The van der Waals surface area contributed by atoms with E-state index in [1.165, 1.54) is 5.57 Å². The van der Waals surface area contributed by atoms with Crippen molar-refractivity contribution in [3.05, 3.63) is 36.5 Å². The van der Waals surface area contributed by atoms with E-state index in [1.807, 2.05) is 6.08 Å². The molecule has 0 fully saturated rings. The molecule has 0 amide bonds. The van der Waals surface area contributed by atoms with E-state index < -0.39 is 0 Å². The van der Waals surface area contributed by atoms with E-state index in [2.05, 4.69) is 33.1 Å². The zero-order chi connectivity index (χ0) is 8.69. The lowest BCUT2D eigenvalue weighted by Crippen LogP contribution is -1.76. The molecule has 62 valence electrons. The first kappa shape index (κ1) is 10.2. The maximum atomic E-state index is 3.85. The van der Waals surface area contributed by atoms with Crippen molar-refractivity contribution in [2.45, 2.75) is 33.1 Å². The monoisotopic (exact) mass is 150 g/mol. The molecule has 0 nitrogen and oxygen atoms in total. The molecule has 0 aromatic heterocycles. The van der Waals surface area contributed by atoms with Crippen LogP contribution in [0.3, 0.4) is 0 Å². The number of hydrogen-bond donors (Lipinski definition) is 0. The molecule has 0 radical (unpaired) electrons. The average Bonchev–Trinajstić information content (AvgIpc) is 2.04. The summed E-state index contributed by atoms with van der Waals surface area (Å²) < 4.78 is 0. The highest BCUT2D eigenvalue weighted by Crippen LogP contribution is 2.07. The summed E-state index contributed by atoms with van der Waals surface area (Å²) in [7, 11) is 0. The van der Waals surface area contributed by atoms with Gasteiger partial charge in [0.05, 0.1) is 0 Å². The molecule has 0 heterocycles. The lowest BCUT2D eigenvalue weighted by atomic mass is 10.1. The Bertz CT molecular complexity index is 161. The predicted octanol–water partition coefficient (Wildman–Crippen LogP) is 3.87. The Morgan fingerprint density at radius 3 is 2.55 bits per heavy atom. The molecule has 0 spiro atoms. The van der Waals surface area contributed by atoms with Gasteiger partial charge >= 0.3 is 0 Å². The Balaban J connectivity index is 3.55. The highest BCUT2D eigenvalue weighted by atomic mass is 13.9. The van der Waals surface area contributed by atoms with Crippen LogP contribution in [0, 0.1) is 0 Å². The van der Waals surface area contributed by atoms with Crippen molar-refractivity contribution in [2.75, 3.05) is 0 Å². The van der Waals surface area contributed by atoms with Crippen molar-refractivity contribution in [1.29, 1.82) is 0 Å². The molecule has 0 bridgehead atoms. The van der Waals surface area contributed by atoms with Crippen LogP contribution in [-0.2, 0) is 0 Å². The van der Waals surface area contributed by atoms with Crippen LogP contribution in [0.2, 0.25) is 0 Å². The fourth-order valence-corrected chi connectivity index (χ4v) is 0.750. The summed E-state index contributed by atoms with van der Waals surface area (Å²) in [5.41, 5.74) is 2.59. The fourth-order valence-electron chi connectivity index (χ4n) is 0.750. The summed E-state index contributed by atoms with van der Waals surface area (Å²) in [6.07, 6.45) is 7.40. The molecule has 0 saturated carbocycles. The normalized spacial score (nSPS) is 11.3. The summed E-state index contributed by atoms with van der Waals surface area (Å²) in [5.74, 6) is 0. The Morgan fingerprint density at radius 2 is 2.09 bits per heavy atom. The van der Waals surface area contributed by atoms with E-state index in [4.69, 9.17) is 0 Å². The van der Waals surface area contributed by atoms with Crippen molar-refractivity contribution < 1.29 is 0 Å². The maximum absolute atomic E-state index is 3.85. The first-order valence-electron chi connectivity index (χ1n) is 4.16. The molecule has 0 heteroatoms. The van der Waals surface area contributed by atoms with Gasteiger partial charge in [0.15, 0.2) is 0 Å². The van der Waals surface area contributed by atoms with E-state index in [0.717, 1.165) is 24.8 Å². The number of rotatable bonds is 5. The van der Waals surface area contributed by atoms with Crippen LogP contribution >= 0.6 is 0 Å². The van der Waals surface area contributed by atoms with Crippen LogP contribution < -0.4 is 0 Å². The summed E-state index contributed by atoms with van der Waals surface area (Å²) >= 11 is 0. The molecule has 0 N–H and O–H groups in total. The zero-order valence-electron chi connectivity index (χ0n) is 7.69.